The standard InChI is InChI=1S/C24H18N4/c1-3-9-19(10-4-1)27(20-11-5-2-6-12-20)21-15-17-22(18-16-21)28-25-23-13-7-8-14-24(23)26-28/h1-18H. The van der Waals surface area contributed by atoms with E-state index in [1.54, 1.807) is 4.80 Å². The van der Waals surface area contributed by atoms with Crippen LogP contribution in [0.5, 0.6) is 0 Å². The highest BCUT2D eigenvalue weighted by molar-refractivity contribution is 5.77. The maximum atomic E-state index is 4.57. The van der Waals surface area contributed by atoms with Crippen LogP contribution < -0.4 is 4.90 Å². The molecule has 5 aromatic rings. The van der Waals surface area contributed by atoms with Crippen molar-refractivity contribution in [3.05, 3.63) is 109 Å². The van der Waals surface area contributed by atoms with Crippen molar-refractivity contribution < 1.29 is 0 Å². The molecule has 0 saturated carbocycles. The molecule has 0 amide bonds. The second-order valence-corrected chi connectivity index (χ2v) is 6.50. The highest BCUT2D eigenvalue weighted by Crippen LogP contribution is 2.34. The van der Waals surface area contributed by atoms with Crippen LogP contribution in [0, 0.1) is 0 Å². The summed E-state index contributed by atoms with van der Waals surface area (Å²) in [6.07, 6.45) is 0. The average Bonchev–Trinajstić information content (AvgIpc) is 3.20. The lowest BCUT2D eigenvalue weighted by atomic mass is 10.2. The largest absolute Gasteiger partial charge is 0.311 e. The summed E-state index contributed by atoms with van der Waals surface area (Å²) >= 11 is 0. The van der Waals surface area contributed by atoms with Gasteiger partial charge in [0, 0.05) is 17.1 Å². The molecule has 1 heterocycles. The van der Waals surface area contributed by atoms with Crippen LogP contribution in [0.1, 0.15) is 0 Å². The Kier molecular flexibility index (Phi) is 4.07. The third-order valence-corrected chi connectivity index (χ3v) is 4.65. The first-order chi connectivity index (χ1) is 13.9. The Morgan fingerprint density at radius 2 is 0.893 bits per heavy atom. The first-order valence-electron chi connectivity index (χ1n) is 9.21. The molecular formula is C24H18N4. The summed E-state index contributed by atoms with van der Waals surface area (Å²) in [5.41, 5.74) is 6.02. The zero-order chi connectivity index (χ0) is 18.8. The summed E-state index contributed by atoms with van der Waals surface area (Å²) in [6.45, 7) is 0. The number of hydrogen-bond donors (Lipinski definition) is 0. The number of para-hydroxylation sites is 2. The van der Waals surface area contributed by atoms with Crippen molar-refractivity contribution in [1.82, 2.24) is 15.0 Å². The Hall–Kier alpha value is -3.92. The molecule has 0 saturated heterocycles. The van der Waals surface area contributed by atoms with Crippen LogP contribution in [0.25, 0.3) is 16.7 Å². The van der Waals surface area contributed by atoms with Gasteiger partial charge in [0.1, 0.15) is 11.0 Å². The van der Waals surface area contributed by atoms with Gasteiger partial charge in [-0.2, -0.15) is 4.80 Å². The van der Waals surface area contributed by atoms with Gasteiger partial charge in [0.2, 0.25) is 0 Å². The van der Waals surface area contributed by atoms with E-state index in [0.29, 0.717) is 0 Å². The summed E-state index contributed by atoms with van der Waals surface area (Å²) in [5.74, 6) is 0. The van der Waals surface area contributed by atoms with Crippen molar-refractivity contribution >= 4 is 28.1 Å². The Morgan fingerprint density at radius 1 is 0.464 bits per heavy atom. The highest BCUT2D eigenvalue weighted by atomic mass is 15.5. The minimum atomic E-state index is 0.891. The number of rotatable bonds is 4. The van der Waals surface area contributed by atoms with E-state index in [9.17, 15) is 0 Å². The molecule has 134 valence electrons. The summed E-state index contributed by atoms with van der Waals surface area (Å²) < 4.78 is 0. The van der Waals surface area contributed by atoms with Gasteiger partial charge in [0.05, 0.1) is 5.69 Å². The Morgan fingerprint density at radius 3 is 1.39 bits per heavy atom. The number of benzene rings is 4. The van der Waals surface area contributed by atoms with E-state index in [2.05, 4.69) is 75.8 Å². The number of hydrogen-bond acceptors (Lipinski definition) is 3. The Bertz CT molecular complexity index is 1120. The Balaban J connectivity index is 1.55. The fourth-order valence-electron chi connectivity index (χ4n) is 3.31. The van der Waals surface area contributed by atoms with Crippen molar-refractivity contribution in [1.29, 1.82) is 0 Å². The van der Waals surface area contributed by atoms with Crippen molar-refractivity contribution in [2.45, 2.75) is 0 Å². The van der Waals surface area contributed by atoms with Crippen LogP contribution in [0.2, 0.25) is 0 Å². The van der Waals surface area contributed by atoms with E-state index in [4.69, 9.17) is 0 Å². The molecule has 0 N–H and O–H groups in total. The van der Waals surface area contributed by atoms with E-state index < -0.39 is 0 Å². The van der Waals surface area contributed by atoms with Gasteiger partial charge < -0.3 is 4.90 Å². The zero-order valence-electron chi connectivity index (χ0n) is 15.2. The lowest BCUT2D eigenvalue weighted by molar-refractivity contribution is 0.766. The summed E-state index contributed by atoms with van der Waals surface area (Å²) in [5, 5.41) is 9.13. The second-order valence-electron chi connectivity index (χ2n) is 6.50. The first-order valence-corrected chi connectivity index (χ1v) is 9.21. The zero-order valence-corrected chi connectivity index (χ0v) is 15.2. The first kappa shape index (κ1) is 16.3. The fraction of sp³-hybridized carbons (Fsp3) is 0. The van der Waals surface area contributed by atoms with E-state index in [1.807, 2.05) is 48.5 Å². The summed E-state index contributed by atoms with van der Waals surface area (Å²) in [7, 11) is 0. The van der Waals surface area contributed by atoms with E-state index in [1.165, 1.54) is 0 Å². The minimum absolute atomic E-state index is 0.891. The molecule has 0 fully saturated rings. The van der Waals surface area contributed by atoms with Crippen LogP contribution in [-0.2, 0) is 0 Å². The van der Waals surface area contributed by atoms with Crippen molar-refractivity contribution in [2.24, 2.45) is 0 Å². The third-order valence-electron chi connectivity index (χ3n) is 4.65. The number of aromatic nitrogens is 3. The SMILES string of the molecule is c1ccc(N(c2ccccc2)c2ccc(-n3nc4ccccc4n3)cc2)cc1. The van der Waals surface area contributed by atoms with Crippen molar-refractivity contribution in [2.75, 3.05) is 4.90 Å². The summed E-state index contributed by atoms with van der Waals surface area (Å²) in [4.78, 5) is 3.92. The molecule has 4 nitrogen and oxygen atoms in total. The molecule has 0 atom stereocenters. The highest BCUT2D eigenvalue weighted by Gasteiger charge is 2.12. The fourth-order valence-corrected chi connectivity index (χ4v) is 3.31. The van der Waals surface area contributed by atoms with Gasteiger partial charge >= 0.3 is 0 Å². The molecule has 5 rings (SSSR count). The quantitative estimate of drug-likeness (QED) is 0.400. The lowest BCUT2D eigenvalue weighted by Gasteiger charge is -2.25. The number of nitrogens with zero attached hydrogens (tertiary/aromatic N) is 4. The number of fused-ring (bicyclic) bond motifs is 1. The van der Waals surface area contributed by atoms with Gasteiger partial charge in [-0.1, -0.05) is 48.5 Å². The molecule has 0 spiro atoms. The maximum Gasteiger partial charge on any atom is 0.113 e. The molecule has 0 unspecified atom stereocenters. The molecule has 0 radical (unpaired) electrons. The van der Waals surface area contributed by atoms with Crippen LogP contribution in [-0.4, -0.2) is 15.0 Å². The van der Waals surface area contributed by atoms with Crippen LogP contribution in [0.15, 0.2) is 109 Å². The van der Waals surface area contributed by atoms with Crippen LogP contribution >= 0.6 is 0 Å². The third kappa shape index (κ3) is 3.01. The maximum absolute atomic E-state index is 4.57. The van der Waals surface area contributed by atoms with E-state index in [0.717, 1.165) is 33.8 Å². The van der Waals surface area contributed by atoms with Gasteiger partial charge in [-0.15, -0.1) is 10.2 Å². The van der Waals surface area contributed by atoms with Gasteiger partial charge in [0.15, 0.2) is 0 Å². The van der Waals surface area contributed by atoms with Gasteiger partial charge in [-0.25, -0.2) is 0 Å². The van der Waals surface area contributed by atoms with E-state index in [-0.39, 0.29) is 0 Å². The molecule has 28 heavy (non-hydrogen) atoms. The lowest BCUT2D eigenvalue weighted by Crippen LogP contribution is -2.10. The predicted octanol–water partition coefficient (Wildman–Crippen LogP) is 5.89. The monoisotopic (exact) mass is 362 g/mol. The van der Waals surface area contributed by atoms with Crippen molar-refractivity contribution in [3.63, 3.8) is 0 Å². The average molecular weight is 362 g/mol. The van der Waals surface area contributed by atoms with Gasteiger partial charge in [-0.3, -0.25) is 0 Å². The van der Waals surface area contributed by atoms with Crippen molar-refractivity contribution in [3.8, 4) is 5.69 Å². The smallest absolute Gasteiger partial charge is 0.113 e. The topological polar surface area (TPSA) is 34.0 Å². The number of anilines is 3. The minimum Gasteiger partial charge on any atom is -0.311 e. The van der Waals surface area contributed by atoms with Crippen LogP contribution in [0.3, 0.4) is 0 Å². The molecule has 0 aliphatic rings. The molecule has 0 aliphatic heterocycles. The second kappa shape index (κ2) is 7.00. The Labute approximate surface area is 163 Å². The normalized spacial score (nSPS) is 10.9. The molecule has 1 aromatic heterocycles. The molecule has 0 aliphatic carbocycles. The molecule has 4 aromatic carbocycles. The van der Waals surface area contributed by atoms with Crippen LogP contribution in [0.4, 0.5) is 17.1 Å². The van der Waals surface area contributed by atoms with Gasteiger partial charge in [-0.05, 0) is 60.7 Å². The molecule has 4 heteroatoms. The molecule has 0 bridgehead atoms. The predicted molar refractivity (Wildman–Crippen MR) is 114 cm³/mol. The van der Waals surface area contributed by atoms with Gasteiger partial charge in [0.25, 0.3) is 0 Å². The summed E-state index contributed by atoms with van der Waals surface area (Å²) in [6, 6.07) is 36.9. The molecular weight excluding hydrogens is 344 g/mol. The van der Waals surface area contributed by atoms with E-state index >= 15 is 0 Å².